The minimum absolute atomic E-state index is 0.00267. The first-order valence-corrected chi connectivity index (χ1v) is 8.93. The van der Waals surface area contributed by atoms with E-state index in [4.69, 9.17) is 4.74 Å². The van der Waals surface area contributed by atoms with Crippen molar-refractivity contribution >= 4 is 27.5 Å². The molecule has 4 rings (SSSR count). The molecule has 1 N–H and O–H groups in total. The van der Waals surface area contributed by atoms with Crippen LogP contribution >= 0.6 is 11.3 Å². The molecule has 1 fully saturated rings. The molecular formula is C16H19N3O3S. The van der Waals surface area contributed by atoms with E-state index in [9.17, 15) is 9.59 Å². The normalized spacial score (nSPS) is 18.2. The highest BCUT2D eigenvalue weighted by atomic mass is 32.1. The molecule has 0 atom stereocenters. The predicted octanol–water partition coefficient (Wildman–Crippen LogP) is 1.26. The second-order valence-electron chi connectivity index (χ2n) is 6.07. The molecule has 1 amide bonds. The minimum atomic E-state index is -0.0980. The molecule has 1 aliphatic carbocycles. The van der Waals surface area contributed by atoms with Crippen LogP contribution in [0, 0.1) is 0 Å². The second-order valence-corrected chi connectivity index (χ2v) is 7.16. The summed E-state index contributed by atoms with van der Waals surface area (Å²) in [6, 6.07) is 0. The summed E-state index contributed by atoms with van der Waals surface area (Å²) in [6.45, 7) is 2.37. The number of thiophene rings is 1. The summed E-state index contributed by atoms with van der Waals surface area (Å²) in [5.41, 5.74) is 1.08. The van der Waals surface area contributed by atoms with Gasteiger partial charge in [0.2, 0.25) is 5.91 Å². The zero-order valence-electron chi connectivity index (χ0n) is 12.9. The van der Waals surface area contributed by atoms with Gasteiger partial charge in [0.25, 0.3) is 5.56 Å². The highest BCUT2D eigenvalue weighted by Crippen LogP contribution is 2.33. The van der Waals surface area contributed by atoms with Crippen LogP contribution in [0.2, 0.25) is 0 Å². The Morgan fingerprint density at radius 3 is 2.87 bits per heavy atom. The van der Waals surface area contributed by atoms with Gasteiger partial charge in [-0.25, -0.2) is 4.98 Å². The summed E-state index contributed by atoms with van der Waals surface area (Å²) in [5.74, 6) is 0.467. The summed E-state index contributed by atoms with van der Waals surface area (Å²) >= 11 is 1.61. The van der Waals surface area contributed by atoms with Crippen molar-refractivity contribution in [2.24, 2.45) is 0 Å². The molecule has 0 bridgehead atoms. The summed E-state index contributed by atoms with van der Waals surface area (Å²) in [6.07, 6.45) is 4.47. The molecular weight excluding hydrogens is 314 g/mol. The van der Waals surface area contributed by atoms with Crippen LogP contribution in [-0.4, -0.2) is 47.1 Å². The van der Waals surface area contributed by atoms with Crippen LogP contribution in [0.3, 0.4) is 0 Å². The van der Waals surface area contributed by atoms with Crippen LogP contribution < -0.4 is 5.56 Å². The van der Waals surface area contributed by atoms with Gasteiger partial charge in [-0.3, -0.25) is 9.59 Å². The Balaban J connectivity index is 1.63. The van der Waals surface area contributed by atoms with E-state index >= 15 is 0 Å². The Bertz CT molecular complexity index is 805. The standard InChI is InChI=1S/C16H19N3O3S/c20-13(19-5-7-22-8-6-19)9-12-17-15(21)14-10-3-1-2-4-11(10)23-16(14)18-12/h1-9H2,(H,17,18,21). The van der Waals surface area contributed by atoms with E-state index in [0.717, 1.165) is 29.5 Å². The van der Waals surface area contributed by atoms with Crippen molar-refractivity contribution in [3.63, 3.8) is 0 Å². The first-order valence-electron chi connectivity index (χ1n) is 8.11. The molecule has 3 heterocycles. The highest BCUT2D eigenvalue weighted by Gasteiger charge is 2.22. The summed E-state index contributed by atoms with van der Waals surface area (Å²) in [5, 5.41) is 0.743. The van der Waals surface area contributed by atoms with Gasteiger partial charge in [0.1, 0.15) is 10.7 Å². The average molecular weight is 333 g/mol. The molecule has 122 valence electrons. The lowest BCUT2D eigenvalue weighted by Gasteiger charge is -2.26. The largest absolute Gasteiger partial charge is 0.378 e. The number of ether oxygens (including phenoxy) is 1. The lowest BCUT2D eigenvalue weighted by Crippen LogP contribution is -2.41. The number of amides is 1. The van der Waals surface area contributed by atoms with E-state index in [1.165, 1.54) is 16.9 Å². The third-order valence-corrected chi connectivity index (χ3v) is 5.74. The van der Waals surface area contributed by atoms with Gasteiger partial charge in [0.05, 0.1) is 25.0 Å². The van der Waals surface area contributed by atoms with E-state index in [1.54, 1.807) is 16.2 Å². The number of hydrogen-bond donors (Lipinski definition) is 1. The molecule has 0 spiro atoms. The Labute approximate surface area is 137 Å². The molecule has 0 saturated carbocycles. The van der Waals surface area contributed by atoms with Crippen molar-refractivity contribution in [3.05, 3.63) is 26.6 Å². The van der Waals surface area contributed by atoms with Gasteiger partial charge in [-0.1, -0.05) is 0 Å². The number of aromatic amines is 1. The fraction of sp³-hybridized carbons (Fsp3) is 0.562. The van der Waals surface area contributed by atoms with E-state index in [-0.39, 0.29) is 17.9 Å². The van der Waals surface area contributed by atoms with Crippen LogP contribution in [0.5, 0.6) is 0 Å². The van der Waals surface area contributed by atoms with Crippen LogP contribution in [0.25, 0.3) is 10.2 Å². The number of rotatable bonds is 2. The minimum Gasteiger partial charge on any atom is -0.378 e. The van der Waals surface area contributed by atoms with Crippen LogP contribution in [0.15, 0.2) is 4.79 Å². The molecule has 23 heavy (non-hydrogen) atoms. The number of aromatic nitrogens is 2. The van der Waals surface area contributed by atoms with Gasteiger partial charge in [0, 0.05) is 18.0 Å². The molecule has 6 nitrogen and oxygen atoms in total. The molecule has 0 unspecified atom stereocenters. The first kappa shape index (κ1) is 14.8. The van der Waals surface area contributed by atoms with Crippen LogP contribution in [0.1, 0.15) is 29.1 Å². The van der Waals surface area contributed by atoms with Crippen molar-refractivity contribution < 1.29 is 9.53 Å². The van der Waals surface area contributed by atoms with Gasteiger partial charge < -0.3 is 14.6 Å². The van der Waals surface area contributed by atoms with E-state index in [2.05, 4.69) is 9.97 Å². The molecule has 2 aromatic rings. The summed E-state index contributed by atoms with van der Waals surface area (Å²) < 4.78 is 5.26. The number of hydrogen-bond acceptors (Lipinski definition) is 5. The number of H-pyrrole nitrogens is 1. The summed E-state index contributed by atoms with van der Waals surface area (Å²) in [4.78, 5) is 36.0. The smallest absolute Gasteiger partial charge is 0.259 e. The number of aryl methyl sites for hydroxylation is 2. The zero-order valence-corrected chi connectivity index (χ0v) is 13.7. The Morgan fingerprint density at radius 1 is 1.26 bits per heavy atom. The fourth-order valence-electron chi connectivity index (χ4n) is 3.36. The van der Waals surface area contributed by atoms with E-state index in [0.29, 0.717) is 32.1 Å². The maximum absolute atomic E-state index is 12.5. The number of carbonyl (C=O) groups is 1. The Morgan fingerprint density at radius 2 is 2.04 bits per heavy atom. The van der Waals surface area contributed by atoms with Crippen molar-refractivity contribution in [1.29, 1.82) is 0 Å². The van der Waals surface area contributed by atoms with Gasteiger partial charge >= 0.3 is 0 Å². The number of fused-ring (bicyclic) bond motifs is 3. The predicted molar refractivity (Wildman–Crippen MR) is 88.0 cm³/mol. The number of nitrogens with zero attached hydrogens (tertiary/aromatic N) is 2. The number of carbonyl (C=O) groups excluding carboxylic acids is 1. The van der Waals surface area contributed by atoms with Gasteiger partial charge in [-0.15, -0.1) is 11.3 Å². The average Bonchev–Trinajstić information content (AvgIpc) is 2.94. The Hall–Kier alpha value is -1.73. The maximum atomic E-state index is 12.5. The van der Waals surface area contributed by atoms with E-state index in [1.807, 2.05) is 0 Å². The summed E-state index contributed by atoms with van der Waals surface area (Å²) in [7, 11) is 0. The lowest BCUT2D eigenvalue weighted by molar-refractivity contribution is -0.134. The van der Waals surface area contributed by atoms with Crippen LogP contribution in [0.4, 0.5) is 0 Å². The van der Waals surface area contributed by atoms with Gasteiger partial charge in [-0.05, 0) is 31.2 Å². The van der Waals surface area contributed by atoms with Crippen molar-refractivity contribution in [1.82, 2.24) is 14.9 Å². The highest BCUT2D eigenvalue weighted by molar-refractivity contribution is 7.18. The number of nitrogens with one attached hydrogen (secondary N) is 1. The Kier molecular flexibility index (Phi) is 3.90. The van der Waals surface area contributed by atoms with Crippen molar-refractivity contribution in [3.8, 4) is 0 Å². The van der Waals surface area contributed by atoms with Crippen LogP contribution in [-0.2, 0) is 28.8 Å². The van der Waals surface area contributed by atoms with Crippen molar-refractivity contribution in [2.75, 3.05) is 26.3 Å². The zero-order chi connectivity index (χ0) is 15.8. The van der Waals surface area contributed by atoms with Gasteiger partial charge in [-0.2, -0.15) is 0 Å². The fourth-order valence-corrected chi connectivity index (χ4v) is 4.64. The quantitative estimate of drug-likeness (QED) is 0.898. The molecule has 1 saturated heterocycles. The molecule has 0 radical (unpaired) electrons. The third kappa shape index (κ3) is 2.79. The van der Waals surface area contributed by atoms with E-state index < -0.39 is 0 Å². The van der Waals surface area contributed by atoms with Gasteiger partial charge in [0.15, 0.2) is 0 Å². The molecule has 7 heteroatoms. The molecule has 0 aromatic carbocycles. The molecule has 1 aliphatic heterocycles. The second kappa shape index (κ2) is 6.05. The molecule has 2 aromatic heterocycles. The van der Waals surface area contributed by atoms with Crippen molar-refractivity contribution in [2.45, 2.75) is 32.1 Å². The monoisotopic (exact) mass is 333 g/mol. The number of morpholine rings is 1. The molecule has 2 aliphatic rings. The lowest BCUT2D eigenvalue weighted by atomic mass is 9.97. The topological polar surface area (TPSA) is 75.3 Å². The third-order valence-electron chi connectivity index (χ3n) is 4.56. The maximum Gasteiger partial charge on any atom is 0.259 e. The SMILES string of the molecule is O=C(Cc1nc2sc3c(c2c(=O)[nH]1)CCCC3)N1CCOCC1. The first-order chi connectivity index (χ1) is 11.2.